The van der Waals surface area contributed by atoms with E-state index in [4.69, 9.17) is 0 Å². The van der Waals surface area contributed by atoms with Crippen LogP contribution in [0.4, 0.5) is 0 Å². The second kappa shape index (κ2) is 11.5. The summed E-state index contributed by atoms with van der Waals surface area (Å²) in [5, 5.41) is 12.9. The summed E-state index contributed by atoms with van der Waals surface area (Å²) in [5.74, 6) is 0. The topological polar surface area (TPSA) is 0 Å². The van der Waals surface area contributed by atoms with Crippen molar-refractivity contribution < 1.29 is 0 Å². The van der Waals surface area contributed by atoms with Crippen LogP contribution < -0.4 is 0 Å². The molecule has 0 atom stereocenters. The highest BCUT2D eigenvalue weighted by atomic mass is 14.5. The van der Waals surface area contributed by atoms with E-state index in [1.165, 1.54) is 109 Å². The molecule has 55 heavy (non-hydrogen) atoms. The van der Waals surface area contributed by atoms with Crippen molar-refractivity contribution in [2.45, 2.75) is 5.41 Å². The van der Waals surface area contributed by atoms with Gasteiger partial charge in [-0.15, -0.1) is 0 Å². The van der Waals surface area contributed by atoms with Gasteiger partial charge in [-0.2, -0.15) is 0 Å². The Labute approximate surface area is 319 Å². The minimum atomic E-state index is -0.509. The number of hydrogen-bond acceptors (Lipinski definition) is 0. The fourth-order valence-electron chi connectivity index (χ4n) is 10.2. The van der Waals surface area contributed by atoms with Gasteiger partial charge in [0.2, 0.25) is 0 Å². The molecular weight excluding hydrogens is 661 g/mol. The van der Waals surface area contributed by atoms with Crippen molar-refractivity contribution in [2.75, 3.05) is 0 Å². The summed E-state index contributed by atoms with van der Waals surface area (Å²) in [6.45, 7) is 0. The van der Waals surface area contributed by atoms with Crippen LogP contribution in [0.25, 0.3) is 87.2 Å². The van der Waals surface area contributed by atoms with Crippen molar-refractivity contribution in [1.29, 1.82) is 0 Å². The molecule has 11 aromatic rings. The highest BCUT2D eigenvalue weighted by molar-refractivity contribution is 6.25. The normalized spacial score (nSPS) is 13.2. The maximum Gasteiger partial charge on any atom is 0.0714 e. The molecule has 0 N–H and O–H groups in total. The number of fused-ring (bicyclic) bond motifs is 5. The number of benzene rings is 11. The maximum absolute atomic E-state index is 2.53. The Balaban J connectivity index is 1.23. The Kier molecular flexibility index (Phi) is 6.36. The molecule has 11 aromatic carbocycles. The molecular formula is C55H34. The standard InChI is InChI=1S/C55H34/c1-3-17-41(18-4-1)55(42-19-5-2-6-20-42)49-24-10-9-22-48(49)54-50(55)34-40-33-39(29-31-45(40)53(54)46-23-12-14-35-13-7-8-21-43(35)46)44-30-27-38-26-25-36-15-11-16-37-28-32-47(44)52(38)51(36)37/h1-34H. The lowest BCUT2D eigenvalue weighted by molar-refractivity contribution is 0.769. The molecule has 254 valence electrons. The molecule has 0 amide bonds. The Morgan fingerprint density at radius 3 is 1.65 bits per heavy atom. The third-order valence-corrected chi connectivity index (χ3v) is 12.5. The SMILES string of the molecule is c1ccc(C2(c3ccccc3)c3ccccc3-c3c2cc2cc(-c4ccc5ccc6cccc7ccc4c5c67)ccc2c3-c2cccc3ccccc23)cc1. The summed E-state index contributed by atoms with van der Waals surface area (Å²) in [6, 6.07) is 77.3. The van der Waals surface area contributed by atoms with Crippen LogP contribution in [0, 0.1) is 0 Å². The molecule has 0 heteroatoms. The molecule has 0 nitrogen and oxygen atoms in total. The zero-order valence-electron chi connectivity index (χ0n) is 30.1. The molecule has 0 aliphatic heterocycles. The zero-order chi connectivity index (χ0) is 36.1. The lowest BCUT2D eigenvalue weighted by Crippen LogP contribution is -2.28. The van der Waals surface area contributed by atoms with Gasteiger partial charge in [-0.05, 0) is 122 Å². The van der Waals surface area contributed by atoms with Gasteiger partial charge >= 0.3 is 0 Å². The lowest BCUT2D eigenvalue weighted by atomic mass is 9.67. The number of rotatable bonds is 4. The van der Waals surface area contributed by atoms with Crippen molar-refractivity contribution >= 4 is 53.9 Å². The molecule has 0 saturated heterocycles. The summed E-state index contributed by atoms with van der Waals surface area (Å²) in [6.07, 6.45) is 0. The lowest BCUT2D eigenvalue weighted by Gasteiger charge is -2.34. The summed E-state index contributed by atoms with van der Waals surface area (Å²) in [5.41, 5.74) is 12.4. The molecule has 12 rings (SSSR count). The summed E-state index contributed by atoms with van der Waals surface area (Å²) < 4.78 is 0. The van der Waals surface area contributed by atoms with Crippen LogP contribution >= 0.6 is 0 Å². The van der Waals surface area contributed by atoms with Gasteiger partial charge in [-0.1, -0.05) is 194 Å². The van der Waals surface area contributed by atoms with E-state index in [0.717, 1.165) is 0 Å². The van der Waals surface area contributed by atoms with Crippen LogP contribution in [-0.2, 0) is 5.41 Å². The van der Waals surface area contributed by atoms with Crippen LogP contribution in [0.15, 0.2) is 206 Å². The van der Waals surface area contributed by atoms with E-state index in [2.05, 4.69) is 206 Å². The third kappa shape index (κ3) is 4.17. The first-order chi connectivity index (χ1) is 27.3. The molecule has 1 aliphatic rings. The van der Waals surface area contributed by atoms with E-state index in [1.54, 1.807) is 0 Å². The van der Waals surface area contributed by atoms with Crippen molar-refractivity contribution in [2.24, 2.45) is 0 Å². The Hall–Kier alpha value is -7.02. The van der Waals surface area contributed by atoms with E-state index in [0.29, 0.717) is 0 Å². The van der Waals surface area contributed by atoms with Crippen LogP contribution in [0.1, 0.15) is 22.3 Å². The van der Waals surface area contributed by atoms with Crippen molar-refractivity contribution in [3.63, 3.8) is 0 Å². The van der Waals surface area contributed by atoms with E-state index in [9.17, 15) is 0 Å². The highest BCUT2D eigenvalue weighted by Crippen LogP contribution is 2.60. The van der Waals surface area contributed by atoms with Crippen molar-refractivity contribution in [3.05, 3.63) is 229 Å². The molecule has 0 unspecified atom stereocenters. The van der Waals surface area contributed by atoms with Crippen molar-refractivity contribution in [3.8, 4) is 33.4 Å². The van der Waals surface area contributed by atoms with E-state index < -0.39 is 5.41 Å². The predicted molar refractivity (Wildman–Crippen MR) is 233 cm³/mol. The van der Waals surface area contributed by atoms with Crippen molar-refractivity contribution in [1.82, 2.24) is 0 Å². The number of hydrogen-bond donors (Lipinski definition) is 0. The summed E-state index contributed by atoms with van der Waals surface area (Å²) in [4.78, 5) is 0. The molecule has 0 spiro atoms. The third-order valence-electron chi connectivity index (χ3n) is 12.5. The molecule has 0 saturated carbocycles. The van der Waals surface area contributed by atoms with E-state index in [-0.39, 0.29) is 0 Å². The van der Waals surface area contributed by atoms with Gasteiger partial charge in [-0.3, -0.25) is 0 Å². The first-order valence-electron chi connectivity index (χ1n) is 19.3. The van der Waals surface area contributed by atoms with Gasteiger partial charge in [0, 0.05) is 0 Å². The largest absolute Gasteiger partial charge is 0.0714 e. The summed E-state index contributed by atoms with van der Waals surface area (Å²) >= 11 is 0. The Morgan fingerprint density at radius 1 is 0.273 bits per heavy atom. The fourth-order valence-corrected chi connectivity index (χ4v) is 10.2. The average Bonchev–Trinajstić information content (AvgIpc) is 3.55. The average molecular weight is 695 g/mol. The van der Waals surface area contributed by atoms with Gasteiger partial charge in [0.15, 0.2) is 0 Å². The van der Waals surface area contributed by atoms with E-state index >= 15 is 0 Å². The van der Waals surface area contributed by atoms with E-state index in [1.807, 2.05) is 0 Å². The van der Waals surface area contributed by atoms with Gasteiger partial charge in [0.25, 0.3) is 0 Å². The quantitative estimate of drug-likeness (QED) is 0.161. The maximum atomic E-state index is 2.53. The van der Waals surface area contributed by atoms with Crippen LogP contribution in [0.3, 0.4) is 0 Å². The zero-order valence-corrected chi connectivity index (χ0v) is 30.1. The molecule has 1 aliphatic carbocycles. The van der Waals surface area contributed by atoms with Crippen LogP contribution in [0.2, 0.25) is 0 Å². The van der Waals surface area contributed by atoms with Crippen LogP contribution in [-0.4, -0.2) is 0 Å². The molecule has 0 fully saturated rings. The highest BCUT2D eigenvalue weighted by Gasteiger charge is 2.47. The van der Waals surface area contributed by atoms with Gasteiger partial charge < -0.3 is 0 Å². The second-order valence-electron chi connectivity index (χ2n) is 15.1. The van der Waals surface area contributed by atoms with Gasteiger partial charge in [-0.25, -0.2) is 0 Å². The molecule has 0 bridgehead atoms. The molecule has 0 heterocycles. The van der Waals surface area contributed by atoms with Gasteiger partial charge in [0.05, 0.1) is 5.41 Å². The summed E-state index contributed by atoms with van der Waals surface area (Å²) in [7, 11) is 0. The Morgan fingerprint density at radius 2 is 0.855 bits per heavy atom. The monoisotopic (exact) mass is 694 g/mol. The smallest absolute Gasteiger partial charge is 0.0622 e. The first kappa shape index (κ1) is 30.4. The first-order valence-corrected chi connectivity index (χ1v) is 19.3. The van der Waals surface area contributed by atoms with Gasteiger partial charge in [0.1, 0.15) is 0 Å². The predicted octanol–water partition coefficient (Wildman–Crippen LogP) is 14.6. The minimum Gasteiger partial charge on any atom is -0.0622 e. The van der Waals surface area contributed by atoms with Crippen LogP contribution in [0.5, 0.6) is 0 Å². The molecule has 0 radical (unpaired) electrons. The Bertz CT molecular complexity index is 3240. The second-order valence-corrected chi connectivity index (χ2v) is 15.1. The fraction of sp³-hybridized carbons (Fsp3) is 0.0182. The molecule has 0 aromatic heterocycles. The minimum absolute atomic E-state index is 0.509.